The second-order valence-corrected chi connectivity index (χ2v) is 6.90. The van der Waals surface area contributed by atoms with E-state index < -0.39 is 0 Å². The van der Waals surface area contributed by atoms with E-state index in [0.717, 1.165) is 18.8 Å². The van der Waals surface area contributed by atoms with E-state index >= 15 is 0 Å². The van der Waals surface area contributed by atoms with Crippen LogP contribution < -0.4 is 10.6 Å². The van der Waals surface area contributed by atoms with Crippen LogP contribution in [0, 0.1) is 11.3 Å². The number of hydrogen-bond acceptors (Lipinski definition) is 3. The summed E-state index contributed by atoms with van der Waals surface area (Å²) < 4.78 is 10.2. The quantitative estimate of drug-likeness (QED) is 0.643. The summed E-state index contributed by atoms with van der Waals surface area (Å²) in [5, 5.41) is 5.92. The number of urea groups is 1. The molecule has 0 spiro atoms. The number of carbonyl (C=O) groups is 1. The molecule has 1 aliphatic carbocycles. The van der Waals surface area contributed by atoms with Gasteiger partial charge >= 0.3 is 6.03 Å². The Kier molecular flexibility index (Phi) is 8.79. The van der Waals surface area contributed by atoms with Crippen LogP contribution in [0.4, 0.5) is 4.79 Å². The Labute approximate surface area is 135 Å². The van der Waals surface area contributed by atoms with E-state index in [-0.39, 0.29) is 6.03 Å². The topological polar surface area (TPSA) is 59.6 Å². The highest BCUT2D eigenvalue weighted by molar-refractivity contribution is 5.74. The molecular formula is C17H34N2O3. The normalized spacial score (nSPS) is 22.4. The van der Waals surface area contributed by atoms with Gasteiger partial charge in [-0.05, 0) is 37.0 Å². The summed E-state index contributed by atoms with van der Waals surface area (Å²) in [4.78, 5) is 11.8. The Morgan fingerprint density at radius 1 is 1.14 bits per heavy atom. The number of nitrogens with one attached hydrogen (secondary N) is 2. The first kappa shape index (κ1) is 19.2. The molecule has 1 rings (SSSR count). The van der Waals surface area contributed by atoms with Gasteiger partial charge in [0.05, 0.1) is 19.8 Å². The highest BCUT2D eigenvalue weighted by Gasteiger charge is 2.32. The van der Waals surface area contributed by atoms with Crippen LogP contribution in [0.2, 0.25) is 0 Å². The average molecular weight is 314 g/mol. The summed E-state index contributed by atoms with van der Waals surface area (Å²) in [6.45, 7) is 9.21. The number of carbonyl (C=O) groups excluding carboxylic acids is 1. The maximum Gasteiger partial charge on any atom is 0.315 e. The molecule has 22 heavy (non-hydrogen) atoms. The first-order valence-corrected chi connectivity index (χ1v) is 8.60. The highest BCUT2D eigenvalue weighted by Crippen LogP contribution is 2.40. The van der Waals surface area contributed by atoms with E-state index in [9.17, 15) is 4.79 Å². The predicted molar refractivity (Wildman–Crippen MR) is 89.0 cm³/mol. The molecule has 0 aromatic rings. The smallest absolute Gasteiger partial charge is 0.315 e. The van der Waals surface area contributed by atoms with Crippen LogP contribution in [-0.2, 0) is 9.47 Å². The number of rotatable bonds is 9. The summed E-state index contributed by atoms with van der Waals surface area (Å²) >= 11 is 0. The Morgan fingerprint density at radius 2 is 1.82 bits per heavy atom. The van der Waals surface area contributed by atoms with Gasteiger partial charge in [0.25, 0.3) is 0 Å². The summed E-state index contributed by atoms with van der Waals surface area (Å²) in [6.07, 6.45) is 5.83. The van der Waals surface area contributed by atoms with Gasteiger partial charge in [-0.25, -0.2) is 4.79 Å². The Bertz CT molecular complexity index is 313. The van der Waals surface area contributed by atoms with Crippen molar-refractivity contribution in [1.29, 1.82) is 0 Å². The minimum absolute atomic E-state index is 0.0754. The molecule has 0 bridgehead atoms. The van der Waals surface area contributed by atoms with E-state index in [0.29, 0.717) is 37.8 Å². The molecule has 0 atom stereocenters. The van der Waals surface area contributed by atoms with Gasteiger partial charge in [-0.2, -0.15) is 0 Å². The average Bonchev–Trinajstić information content (AvgIpc) is 2.51. The van der Waals surface area contributed by atoms with Gasteiger partial charge in [0.15, 0.2) is 0 Å². The molecule has 1 fully saturated rings. The SMILES string of the molecule is CCC(C)(C)C1CCC(NC(=O)NCCOCCOC)CC1. The predicted octanol–water partition coefficient (Wildman–Crippen LogP) is 2.94. The fourth-order valence-corrected chi connectivity index (χ4v) is 3.03. The number of amides is 2. The third-order valence-electron chi connectivity index (χ3n) is 5.04. The third kappa shape index (κ3) is 6.97. The zero-order chi connectivity index (χ0) is 16.4. The van der Waals surface area contributed by atoms with Gasteiger partial charge in [-0.3, -0.25) is 0 Å². The fourth-order valence-electron chi connectivity index (χ4n) is 3.03. The molecule has 130 valence electrons. The molecule has 0 radical (unpaired) electrons. The van der Waals surface area contributed by atoms with E-state index in [2.05, 4.69) is 31.4 Å². The Morgan fingerprint density at radius 3 is 2.41 bits per heavy atom. The standard InChI is InChI=1S/C17H34N2O3/c1-5-17(2,3)14-6-8-15(9-7-14)19-16(20)18-10-11-22-13-12-21-4/h14-15H,5-13H2,1-4H3,(H2,18,19,20). The molecule has 0 unspecified atom stereocenters. The van der Waals surface area contributed by atoms with E-state index in [1.54, 1.807) is 7.11 Å². The second kappa shape index (κ2) is 10.1. The lowest BCUT2D eigenvalue weighted by molar-refractivity contribution is 0.0725. The molecule has 5 nitrogen and oxygen atoms in total. The van der Waals surface area contributed by atoms with Crippen molar-refractivity contribution in [2.24, 2.45) is 11.3 Å². The first-order valence-electron chi connectivity index (χ1n) is 8.60. The zero-order valence-corrected chi connectivity index (χ0v) is 14.7. The van der Waals surface area contributed by atoms with Gasteiger partial charge in [0.2, 0.25) is 0 Å². The number of hydrogen-bond donors (Lipinski definition) is 2. The van der Waals surface area contributed by atoms with Crippen LogP contribution >= 0.6 is 0 Å². The lowest BCUT2D eigenvalue weighted by atomic mass is 9.69. The van der Waals surface area contributed by atoms with Gasteiger partial charge in [0.1, 0.15) is 0 Å². The van der Waals surface area contributed by atoms with Crippen LogP contribution in [0.3, 0.4) is 0 Å². The van der Waals surface area contributed by atoms with Gasteiger partial charge in [-0.15, -0.1) is 0 Å². The molecule has 0 aliphatic heterocycles. The molecule has 1 saturated carbocycles. The molecule has 1 aliphatic rings. The first-order chi connectivity index (χ1) is 10.5. The zero-order valence-electron chi connectivity index (χ0n) is 14.7. The molecular weight excluding hydrogens is 280 g/mol. The Hall–Kier alpha value is -0.810. The molecule has 5 heteroatoms. The van der Waals surface area contributed by atoms with Crippen molar-refractivity contribution >= 4 is 6.03 Å². The molecule has 0 aromatic carbocycles. The maximum absolute atomic E-state index is 11.8. The lowest BCUT2D eigenvalue weighted by Gasteiger charge is -2.39. The van der Waals surface area contributed by atoms with E-state index in [1.165, 1.54) is 19.3 Å². The van der Waals surface area contributed by atoms with Crippen molar-refractivity contribution in [3.8, 4) is 0 Å². The van der Waals surface area contributed by atoms with Crippen LogP contribution in [0.5, 0.6) is 0 Å². The highest BCUT2D eigenvalue weighted by atomic mass is 16.5. The third-order valence-corrected chi connectivity index (χ3v) is 5.04. The van der Waals surface area contributed by atoms with E-state index in [1.807, 2.05) is 0 Å². The largest absolute Gasteiger partial charge is 0.382 e. The summed E-state index contributed by atoms with van der Waals surface area (Å²) in [5.74, 6) is 0.785. The van der Waals surface area contributed by atoms with Crippen LogP contribution in [-0.4, -0.2) is 45.5 Å². The molecule has 0 aromatic heterocycles. The summed E-state index contributed by atoms with van der Waals surface area (Å²) in [5.41, 5.74) is 0.423. The number of ether oxygens (including phenoxy) is 2. The summed E-state index contributed by atoms with van der Waals surface area (Å²) in [6, 6.07) is 0.242. The van der Waals surface area contributed by atoms with Crippen LogP contribution in [0.25, 0.3) is 0 Å². The van der Waals surface area contributed by atoms with E-state index in [4.69, 9.17) is 9.47 Å². The van der Waals surface area contributed by atoms with Crippen molar-refractivity contribution in [2.75, 3.05) is 33.5 Å². The van der Waals surface area contributed by atoms with Gasteiger partial charge < -0.3 is 20.1 Å². The van der Waals surface area contributed by atoms with Crippen molar-refractivity contribution in [2.45, 2.75) is 58.9 Å². The maximum atomic E-state index is 11.8. The number of methoxy groups -OCH3 is 1. The molecule has 2 amide bonds. The van der Waals surface area contributed by atoms with Crippen molar-refractivity contribution in [1.82, 2.24) is 10.6 Å². The second-order valence-electron chi connectivity index (χ2n) is 6.90. The molecule has 2 N–H and O–H groups in total. The van der Waals surface area contributed by atoms with Crippen LogP contribution in [0.1, 0.15) is 52.9 Å². The molecule has 0 saturated heterocycles. The fraction of sp³-hybridized carbons (Fsp3) is 0.941. The minimum Gasteiger partial charge on any atom is -0.382 e. The van der Waals surface area contributed by atoms with Crippen molar-refractivity contribution in [3.63, 3.8) is 0 Å². The Balaban J connectivity index is 2.12. The van der Waals surface area contributed by atoms with Gasteiger partial charge in [-0.1, -0.05) is 27.2 Å². The van der Waals surface area contributed by atoms with Crippen LogP contribution in [0.15, 0.2) is 0 Å². The van der Waals surface area contributed by atoms with Gasteiger partial charge in [0, 0.05) is 19.7 Å². The lowest BCUT2D eigenvalue weighted by Crippen LogP contribution is -2.45. The van der Waals surface area contributed by atoms with Crippen molar-refractivity contribution < 1.29 is 14.3 Å². The molecule has 0 heterocycles. The summed E-state index contributed by atoms with van der Waals surface area (Å²) in [7, 11) is 1.64. The van der Waals surface area contributed by atoms with Crippen molar-refractivity contribution in [3.05, 3.63) is 0 Å². The monoisotopic (exact) mass is 314 g/mol. The minimum atomic E-state index is -0.0754.